The minimum Gasteiger partial charge on any atom is -0.337 e. The third kappa shape index (κ3) is 3.96. The van der Waals surface area contributed by atoms with E-state index in [1.807, 2.05) is 53.7 Å². The van der Waals surface area contributed by atoms with Crippen LogP contribution < -0.4 is 0 Å². The summed E-state index contributed by atoms with van der Waals surface area (Å²) in [6.07, 6.45) is 5.80. The SMILES string of the molecule is Cc1ccn2cc(C(=O)N3CCC[C@H](c4cc(-c5ccccc5)cc(C)n4)C3)nc2c1. The molecular weight excluding hydrogens is 384 g/mol. The molecule has 4 aromatic rings. The molecule has 5 heteroatoms. The number of pyridine rings is 2. The molecule has 5 rings (SSSR count). The fourth-order valence-electron chi connectivity index (χ4n) is 4.45. The summed E-state index contributed by atoms with van der Waals surface area (Å²) in [5.74, 6) is 0.237. The Labute approximate surface area is 182 Å². The number of carbonyl (C=O) groups is 1. The average Bonchev–Trinajstić information content (AvgIpc) is 3.22. The first-order chi connectivity index (χ1) is 15.1. The van der Waals surface area contributed by atoms with E-state index in [1.165, 1.54) is 11.1 Å². The number of hydrogen-bond donors (Lipinski definition) is 0. The summed E-state index contributed by atoms with van der Waals surface area (Å²) >= 11 is 0. The molecule has 5 nitrogen and oxygen atoms in total. The summed E-state index contributed by atoms with van der Waals surface area (Å²) in [7, 11) is 0. The molecule has 1 aromatic carbocycles. The quantitative estimate of drug-likeness (QED) is 0.476. The molecule has 1 aliphatic rings. The van der Waals surface area contributed by atoms with Gasteiger partial charge in [-0.15, -0.1) is 0 Å². The summed E-state index contributed by atoms with van der Waals surface area (Å²) in [5.41, 5.74) is 6.91. The lowest BCUT2D eigenvalue weighted by Crippen LogP contribution is -2.39. The molecule has 0 bridgehead atoms. The summed E-state index contributed by atoms with van der Waals surface area (Å²) in [6.45, 7) is 5.51. The Morgan fingerprint density at radius 2 is 1.84 bits per heavy atom. The van der Waals surface area contributed by atoms with Gasteiger partial charge in [0.1, 0.15) is 11.3 Å². The zero-order chi connectivity index (χ0) is 21.4. The number of imidazole rings is 1. The number of fused-ring (bicyclic) bond motifs is 1. The smallest absolute Gasteiger partial charge is 0.274 e. The average molecular weight is 411 g/mol. The molecule has 0 saturated carbocycles. The van der Waals surface area contributed by atoms with Crippen LogP contribution in [0.3, 0.4) is 0 Å². The largest absolute Gasteiger partial charge is 0.337 e. The molecule has 31 heavy (non-hydrogen) atoms. The molecule has 1 saturated heterocycles. The lowest BCUT2D eigenvalue weighted by molar-refractivity contribution is 0.0700. The predicted octanol–water partition coefficient (Wildman–Crippen LogP) is 5.03. The standard InChI is InChI=1S/C26H26N4O/c1-18-10-12-29-17-24(28-25(29)13-18)26(31)30-11-6-9-21(16-30)23-15-22(14-19(2)27-23)20-7-4-3-5-8-20/h3-5,7-8,10,12-15,17,21H,6,9,11,16H2,1-2H3/t21-/m0/s1. The van der Waals surface area contributed by atoms with E-state index in [0.717, 1.165) is 42.0 Å². The molecule has 0 aliphatic carbocycles. The zero-order valence-corrected chi connectivity index (χ0v) is 18.0. The van der Waals surface area contributed by atoms with Crippen LogP contribution in [0.1, 0.15) is 46.2 Å². The van der Waals surface area contributed by atoms with Gasteiger partial charge in [-0.1, -0.05) is 30.3 Å². The van der Waals surface area contributed by atoms with Crippen molar-refractivity contribution in [1.29, 1.82) is 0 Å². The van der Waals surface area contributed by atoms with Crippen LogP contribution in [-0.2, 0) is 0 Å². The fourth-order valence-corrected chi connectivity index (χ4v) is 4.45. The Hall–Kier alpha value is -3.47. The molecule has 1 fully saturated rings. The normalized spacial score (nSPS) is 16.6. The fraction of sp³-hybridized carbons (Fsp3) is 0.269. The number of piperidine rings is 1. The molecule has 4 heterocycles. The van der Waals surface area contributed by atoms with Crippen molar-refractivity contribution in [1.82, 2.24) is 19.3 Å². The van der Waals surface area contributed by atoms with Crippen LogP contribution in [0.2, 0.25) is 0 Å². The van der Waals surface area contributed by atoms with E-state index in [4.69, 9.17) is 4.98 Å². The molecule has 0 N–H and O–H groups in total. The molecule has 156 valence electrons. The summed E-state index contributed by atoms with van der Waals surface area (Å²) in [5, 5.41) is 0. The maximum Gasteiger partial charge on any atom is 0.274 e. The van der Waals surface area contributed by atoms with Gasteiger partial charge < -0.3 is 9.30 Å². The Balaban J connectivity index is 1.40. The second-order valence-corrected chi connectivity index (χ2v) is 8.47. The highest BCUT2D eigenvalue weighted by atomic mass is 16.2. The van der Waals surface area contributed by atoms with E-state index in [1.54, 1.807) is 0 Å². The lowest BCUT2D eigenvalue weighted by Gasteiger charge is -2.32. The number of aromatic nitrogens is 3. The van der Waals surface area contributed by atoms with Gasteiger partial charge in [-0.05, 0) is 67.6 Å². The van der Waals surface area contributed by atoms with Gasteiger partial charge in [0.15, 0.2) is 0 Å². The maximum atomic E-state index is 13.2. The van der Waals surface area contributed by atoms with Crippen molar-refractivity contribution in [3.05, 3.63) is 89.6 Å². The predicted molar refractivity (Wildman–Crippen MR) is 122 cm³/mol. The Bertz CT molecular complexity index is 1240. The van der Waals surface area contributed by atoms with E-state index < -0.39 is 0 Å². The third-order valence-corrected chi connectivity index (χ3v) is 6.04. The van der Waals surface area contributed by atoms with Crippen molar-refractivity contribution in [2.24, 2.45) is 0 Å². The van der Waals surface area contributed by atoms with Gasteiger partial charge in [-0.25, -0.2) is 4.98 Å². The summed E-state index contributed by atoms with van der Waals surface area (Å²) in [4.78, 5) is 24.6. The molecule has 0 unspecified atom stereocenters. The van der Waals surface area contributed by atoms with Gasteiger partial charge in [0, 0.05) is 42.8 Å². The molecule has 3 aromatic heterocycles. The third-order valence-electron chi connectivity index (χ3n) is 6.04. The molecule has 0 spiro atoms. The molecular formula is C26H26N4O. The van der Waals surface area contributed by atoms with Crippen molar-refractivity contribution >= 4 is 11.6 Å². The number of rotatable bonds is 3. The minimum absolute atomic E-state index is 0.00184. The van der Waals surface area contributed by atoms with Crippen LogP contribution in [0.5, 0.6) is 0 Å². The minimum atomic E-state index is 0.00184. The van der Waals surface area contributed by atoms with Crippen LogP contribution in [0.4, 0.5) is 0 Å². The first kappa shape index (κ1) is 19.5. The van der Waals surface area contributed by atoms with Crippen LogP contribution >= 0.6 is 0 Å². The van der Waals surface area contributed by atoms with E-state index in [-0.39, 0.29) is 11.8 Å². The number of benzene rings is 1. The highest BCUT2D eigenvalue weighted by Crippen LogP contribution is 2.30. The van der Waals surface area contributed by atoms with Gasteiger partial charge in [-0.3, -0.25) is 9.78 Å². The topological polar surface area (TPSA) is 50.5 Å². The van der Waals surface area contributed by atoms with Crippen molar-refractivity contribution < 1.29 is 4.79 Å². The number of hydrogen-bond acceptors (Lipinski definition) is 3. The van der Waals surface area contributed by atoms with E-state index in [0.29, 0.717) is 12.2 Å². The number of aryl methyl sites for hydroxylation is 2. The first-order valence-corrected chi connectivity index (χ1v) is 10.9. The van der Waals surface area contributed by atoms with Crippen molar-refractivity contribution in [3.63, 3.8) is 0 Å². The van der Waals surface area contributed by atoms with Crippen LogP contribution in [0.15, 0.2) is 67.0 Å². The van der Waals surface area contributed by atoms with Crippen molar-refractivity contribution in [2.45, 2.75) is 32.6 Å². The zero-order valence-electron chi connectivity index (χ0n) is 18.0. The Morgan fingerprint density at radius 3 is 2.68 bits per heavy atom. The molecule has 0 radical (unpaired) electrons. The van der Waals surface area contributed by atoms with E-state index in [2.05, 4.69) is 41.4 Å². The number of amides is 1. The summed E-state index contributed by atoms with van der Waals surface area (Å²) < 4.78 is 1.91. The highest BCUT2D eigenvalue weighted by molar-refractivity contribution is 5.93. The lowest BCUT2D eigenvalue weighted by atomic mass is 9.92. The van der Waals surface area contributed by atoms with Gasteiger partial charge in [-0.2, -0.15) is 0 Å². The Kier molecular flexibility index (Phi) is 5.02. The van der Waals surface area contributed by atoms with Crippen molar-refractivity contribution in [3.8, 4) is 11.1 Å². The van der Waals surface area contributed by atoms with Crippen molar-refractivity contribution in [2.75, 3.05) is 13.1 Å². The number of carbonyl (C=O) groups excluding carboxylic acids is 1. The second kappa shape index (κ2) is 7.99. The van der Waals surface area contributed by atoms with Crippen LogP contribution in [0.25, 0.3) is 16.8 Å². The van der Waals surface area contributed by atoms with Gasteiger partial charge in [0.05, 0.1) is 0 Å². The van der Waals surface area contributed by atoms with Gasteiger partial charge in [0.25, 0.3) is 5.91 Å². The van der Waals surface area contributed by atoms with Gasteiger partial charge >= 0.3 is 0 Å². The molecule has 1 aliphatic heterocycles. The highest BCUT2D eigenvalue weighted by Gasteiger charge is 2.28. The molecule has 1 amide bonds. The van der Waals surface area contributed by atoms with Crippen LogP contribution in [0, 0.1) is 13.8 Å². The van der Waals surface area contributed by atoms with Crippen LogP contribution in [-0.4, -0.2) is 38.3 Å². The molecule has 1 atom stereocenters. The maximum absolute atomic E-state index is 13.2. The second-order valence-electron chi connectivity index (χ2n) is 8.47. The monoisotopic (exact) mass is 410 g/mol. The van der Waals surface area contributed by atoms with E-state index >= 15 is 0 Å². The number of nitrogens with zero attached hydrogens (tertiary/aromatic N) is 4. The number of likely N-dealkylation sites (tertiary alicyclic amines) is 1. The Morgan fingerprint density at radius 1 is 1.00 bits per heavy atom. The van der Waals surface area contributed by atoms with E-state index in [9.17, 15) is 4.79 Å². The first-order valence-electron chi connectivity index (χ1n) is 10.9. The summed E-state index contributed by atoms with van der Waals surface area (Å²) in [6, 6.07) is 18.7. The van der Waals surface area contributed by atoms with Gasteiger partial charge in [0.2, 0.25) is 0 Å².